The van der Waals surface area contributed by atoms with Crippen LogP contribution in [0.1, 0.15) is 70.0 Å². The van der Waals surface area contributed by atoms with Crippen LogP contribution in [0.5, 0.6) is 0 Å². The first kappa shape index (κ1) is 33.8. The summed E-state index contributed by atoms with van der Waals surface area (Å²) in [5, 5.41) is 21.7. The van der Waals surface area contributed by atoms with Gasteiger partial charge in [-0.2, -0.15) is 5.10 Å². The van der Waals surface area contributed by atoms with Crippen molar-refractivity contribution in [3.8, 4) is 0 Å². The van der Waals surface area contributed by atoms with Crippen LogP contribution in [0.4, 0.5) is 0 Å². The standard InChI is InChI=1S/C32H39N9O7/c1-18(2)13-22-29(44)37-23(14-20-7-5-4-6-8-20)28(43)33-9-11-40(32(47)25-16-26-31(46)34-10-12-41(26)38-25)17-21-15-24(39-48-21)30(45)35-19(3)27(42)36-22/h4-8,15-16,18-19,22-23H,9-14,17H2,1-3H3,(H,33,43)(H,34,46)(H,35,45)(H,36,42)(H,37,44)/t19-,22-,23-/m1/s1. The minimum absolute atomic E-state index is 0.0116. The number of nitrogens with one attached hydrogen (secondary N) is 5. The van der Waals surface area contributed by atoms with Crippen molar-refractivity contribution >= 4 is 35.4 Å². The first-order valence-electron chi connectivity index (χ1n) is 15.8. The summed E-state index contributed by atoms with van der Waals surface area (Å²) in [5.74, 6) is -3.08. The molecule has 0 aliphatic carbocycles. The highest BCUT2D eigenvalue weighted by Crippen LogP contribution is 2.15. The summed E-state index contributed by atoms with van der Waals surface area (Å²) in [5.41, 5.74) is 0.928. The summed E-state index contributed by atoms with van der Waals surface area (Å²) in [6.45, 7) is 5.84. The number of aromatic nitrogens is 3. The zero-order chi connectivity index (χ0) is 34.4. The third kappa shape index (κ3) is 8.24. The summed E-state index contributed by atoms with van der Waals surface area (Å²) in [6.07, 6.45) is 0.444. The Bertz CT molecular complexity index is 1680. The molecule has 0 spiro atoms. The van der Waals surface area contributed by atoms with E-state index >= 15 is 0 Å². The molecule has 2 bridgehead atoms. The number of hydrogen-bond donors (Lipinski definition) is 5. The number of nitrogens with zero attached hydrogens (tertiary/aromatic N) is 4. The molecule has 2 aliphatic rings. The van der Waals surface area contributed by atoms with Gasteiger partial charge in [-0.05, 0) is 24.8 Å². The highest BCUT2D eigenvalue weighted by molar-refractivity contribution is 5.99. The van der Waals surface area contributed by atoms with Crippen molar-refractivity contribution in [2.75, 3.05) is 19.6 Å². The van der Waals surface area contributed by atoms with Crippen molar-refractivity contribution in [3.63, 3.8) is 0 Å². The number of hydrogen-bond acceptors (Lipinski definition) is 9. The molecule has 0 unspecified atom stereocenters. The lowest BCUT2D eigenvalue weighted by molar-refractivity contribution is -0.132. The summed E-state index contributed by atoms with van der Waals surface area (Å²) < 4.78 is 6.82. The van der Waals surface area contributed by atoms with Gasteiger partial charge >= 0.3 is 0 Å². The van der Waals surface area contributed by atoms with Crippen molar-refractivity contribution < 1.29 is 33.3 Å². The van der Waals surface area contributed by atoms with Gasteiger partial charge in [0, 0.05) is 38.2 Å². The maximum atomic E-state index is 13.7. The molecule has 0 radical (unpaired) electrons. The molecule has 48 heavy (non-hydrogen) atoms. The second-order valence-corrected chi connectivity index (χ2v) is 12.2. The Morgan fingerprint density at radius 1 is 0.896 bits per heavy atom. The largest absolute Gasteiger partial charge is 0.359 e. The fourth-order valence-corrected chi connectivity index (χ4v) is 5.44. The predicted molar refractivity (Wildman–Crippen MR) is 169 cm³/mol. The van der Waals surface area contributed by atoms with Crippen LogP contribution in [0, 0.1) is 5.92 Å². The molecule has 6 amide bonds. The van der Waals surface area contributed by atoms with Crippen LogP contribution in [-0.4, -0.2) is 93.0 Å². The second kappa shape index (κ2) is 14.9. The van der Waals surface area contributed by atoms with Crippen molar-refractivity contribution in [3.05, 3.63) is 70.9 Å². The molecule has 3 aromatic rings. The Balaban J connectivity index is 1.44. The minimum Gasteiger partial charge on any atom is -0.359 e. The molecule has 254 valence electrons. The highest BCUT2D eigenvalue weighted by atomic mass is 16.5. The number of carbonyl (C=O) groups is 6. The SMILES string of the molecule is CC(C)C[C@H]1NC(=O)[C@@H](C)NC(=O)c2cc(on2)CN(C(=O)c2cc3n(n2)CCNC3=O)CCNC(=O)[C@@H](Cc2ccccc2)NC1=O. The predicted octanol–water partition coefficient (Wildman–Crippen LogP) is -0.237. The van der Waals surface area contributed by atoms with Gasteiger partial charge < -0.3 is 36.0 Å². The molecule has 1 aromatic carbocycles. The van der Waals surface area contributed by atoms with Crippen molar-refractivity contribution in [1.82, 2.24) is 46.4 Å². The maximum Gasteiger partial charge on any atom is 0.274 e. The molecule has 5 rings (SSSR count). The lowest BCUT2D eigenvalue weighted by Gasteiger charge is -2.26. The Morgan fingerprint density at radius 3 is 2.35 bits per heavy atom. The van der Waals surface area contributed by atoms with Gasteiger partial charge in [-0.15, -0.1) is 0 Å². The van der Waals surface area contributed by atoms with E-state index in [1.165, 1.54) is 28.6 Å². The van der Waals surface area contributed by atoms with Crippen LogP contribution in [0.15, 0.2) is 47.0 Å². The van der Waals surface area contributed by atoms with Crippen LogP contribution in [-0.2, 0) is 33.9 Å². The quantitative estimate of drug-likeness (QED) is 0.244. The third-order valence-corrected chi connectivity index (χ3v) is 7.94. The fourth-order valence-electron chi connectivity index (χ4n) is 5.44. The molecule has 4 heterocycles. The van der Waals surface area contributed by atoms with E-state index in [4.69, 9.17) is 4.52 Å². The Hall–Kier alpha value is -5.54. The summed E-state index contributed by atoms with van der Waals surface area (Å²) in [6, 6.07) is 8.84. The molecule has 3 atom stereocenters. The van der Waals surface area contributed by atoms with E-state index in [0.29, 0.717) is 13.1 Å². The van der Waals surface area contributed by atoms with Crippen LogP contribution >= 0.6 is 0 Å². The maximum absolute atomic E-state index is 13.7. The van der Waals surface area contributed by atoms with E-state index in [2.05, 4.69) is 36.8 Å². The van der Waals surface area contributed by atoms with Crippen LogP contribution < -0.4 is 26.6 Å². The van der Waals surface area contributed by atoms with E-state index in [1.807, 2.05) is 44.2 Å². The monoisotopic (exact) mass is 661 g/mol. The number of benzene rings is 1. The second-order valence-electron chi connectivity index (χ2n) is 12.2. The summed E-state index contributed by atoms with van der Waals surface area (Å²) in [7, 11) is 0. The van der Waals surface area contributed by atoms with E-state index in [9.17, 15) is 28.8 Å². The summed E-state index contributed by atoms with van der Waals surface area (Å²) >= 11 is 0. The lowest BCUT2D eigenvalue weighted by Crippen LogP contribution is -2.57. The van der Waals surface area contributed by atoms with Gasteiger partial charge in [-0.1, -0.05) is 49.3 Å². The lowest BCUT2D eigenvalue weighted by atomic mass is 10.0. The molecule has 0 fully saturated rings. The van der Waals surface area contributed by atoms with Gasteiger partial charge in [-0.3, -0.25) is 33.4 Å². The van der Waals surface area contributed by atoms with E-state index < -0.39 is 47.7 Å². The van der Waals surface area contributed by atoms with Crippen LogP contribution in [0.3, 0.4) is 0 Å². The zero-order valence-corrected chi connectivity index (χ0v) is 26.9. The molecule has 2 aromatic heterocycles. The van der Waals surface area contributed by atoms with Gasteiger partial charge in [0.25, 0.3) is 17.7 Å². The number of amides is 6. The highest BCUT2D eigenvalue weighted by Gasteiger charge is 2.31. The minimum atomic E-state index is -1.05. The van der Waals surface area contributed by atoms with Gasteiger partial charge in [0.2, 0.25) is 17.7 Å². The third-order valence-electron chi connectivity index (χ3n) is 7.94. The molecule has 0 saturated carbocycles. The molecule has 16 nitrogen and oxygen atoms in total. The smallest absolute Gasteiger partial charge is 0.274 e. The zero-order valence-electron chi connectivity index (χ0n) is 26.9. The first-order valence-corrected chi connectivity index (χ1v) is 15.8. The molecule has 0 saturated heterocycles. The normalized spacial score (nSPS) is 21.2. The molecule has 16 heteroatoms. The molecular formula is C32H39N9O7. The van der Waals surface area contributed by atoms with Gasteiger partial charge in [0.15, 0.2) is 17.1 Å². The molecule has 2 aliphatic heterocycles. The first-order chi connectivity index (χ1) is 23.0. The summed E-state index contributed by atoms with van der Waals surface area (Å²) in [4.78, 5) is 80.7. The Kier molecular flexibility index (Phi) is 10.5. The Morgan fingerprint density at radius 2 is 1.62 bits per heavy atom. The Labute approximate surface area is 276 Å². The van der Waals surface area contributed by atoms with Gasteiger partial charge in [0.05, 0.1) is 13.1 Å². The van der Waals surface area contributed by atoms with Crippen molar-refractivity contribution in [2.45, 2.75) is 64.8 Å². The van der Waals surface area contributed by atoms with Gasteiger partial charge in [0.1, 0.15) is 23.8 Å². The van der Waals surface area contributed by atoms with Crippen molar-refractivity contribution in [1.29, 1.82) is 0 Å². The topological polar surface area (TPSA) is 210 Å². The number of rotatable bonds is 5. The van der Waals surface area contributed by atoms with Crippen LogP contribution in [0.25, 0.3) is 0 Å². The average molecular weight is 662 g/mol. The number of fused-ring (bicyclic) bond motifs is 3. The number of carbonyl (C=O) groups excluding carboxylic acids is 6. The van der Waals surface area contributed by atoms with Gasteiger partial charge in [-0.25, -0.2) is 0 Å². The average Bonchev–Trinajstić information content (AvgIpc) is 3.71. The van der Waals surface area contributed by atoms with E-state index in [0.717, 1.165) is 5.56 Å². The van der Waals surface area contributed by atoms with Crippen LogP contribution in [0.2, 0.25) is 0 Å². The molecule has 5 N–H and O–H groups in total. The van der Waals surface area contributed by atoms with E-state index in [-0.39, 0.29) is 67.1 Å². The van der Waals surface area contributed by atoms with Crippen molar-refractivity contribution in [2.24, 2.45) is 5.92 Å². The fraction of sp³-hybridized carbons (Fsp3) is 0.438. The molecular weight excluding hydrogens is 622 g/mol. The van der Waals surface area contributed by atoms with E-state index in [1.54, 1.807) is 0 Å².